The molecule has 4 rings (SSSR count). The largest absolute Gasteiger partial charge is 0.477 e. The summed E-state index contributed by atoms with van der Waals surface area (Å²) in [6.45, 7) is 0. The Balaban J connectivity index is 1.49. The van der Waals surface area contributed by atoms with E-state index in [0.717, 1.165) is 11.3 Å². The van der Waals surface area contributed by atoms with Gasteiger partial charge in [-0.25, -0.2) is 14.5 Å². The van der Waals surface area contributed by atoms with Gasteiger partial charge in [0.25, 0.3) is 11.8 Å². The van der Waals surface area contributed by atoms with E-state index in [2.05, 4.69) is 31.0 Å². The molecule has 2 amide bonds. The number of carbonyl (C=O) groups is 3. The van der Waals surface area contributed by atoms with Crippen LogP contribution in [0.4, 0.5) is 5.13 Å². The second-order valence-electron chi connectivity index (χ2n) is 6.69. The zero-order valence-electron chi connectivity index (χ0n) is 17.2. The number of amides is 2. The van der Waals surface area contributed by atoms with Crippen LogP contribution in [0.3, 0.4) is 0 Å². The lowest BCUT2D eigenvalue weighted by molar-refractivity contribution is -0.150. The van der Waals surface area contributed by atoms with Crippen LogP contribution in [0.1, 0.15) is 5.69 Å². The average molecular weight is 512 g/mol. The zero-order chi connectivity index (χ0) is 23.7. The number of nitrogens with one attached hydrogen (secondary N) is 1. The number of carbonyl (C=O) groups excluding carboxylic acids is 2. The minimum absolute atomic E-state index is 0.0880. The quantitative estimate of drug-likeness (QED) is 0.172. The molecular weight excluding hydrogens is 494 g/mol. The molecule has 2 aliphatic heterocycles. The summed E-state index contributed by atoms with van der Waals surface area (Å²) in [5, 5.41) is 29.0. The number of carboxylic acid groups (broad SMARTS) is 1. The van der Waals surface area contributed by atoms with Crippen LogP contribution in [-0.2, 0) is 26.3 Å². The van der Waals surface area contributed by atoms with E-state index in [-0.39, 0.29) is 22.2 Å². The van der Waals surface area contributed by atoms with Crippen molar-refractivity contribution < 1.29 is 24.3 Å². The molecule has 17 heteroatoms. The van der Waals surface area contributed by atoms with Crippen LogP contribution < -0.4 is 11.1 Å². The number of thiazole rings is 1. The van der Waals surface area contributed by atoms with Crippen molar-refractivity contribution in [3.8, 4) is 0 Å². The van der Waals surface area contributed by atoms with E-state index in [0.29, 0.717) is 22.2 Å². The molecule has 1 fully saturated rings. The highest BCUT2D eigenvalue weighted by atomic mass is 32.2. The molecule has 4 N–H and O–H groups in total. The second-order valence-corrected chi connectivity index (χ2v) is 9.62. The molecule has 2 aliphatic rings. The van der Waals surface area contributed by atoms with Crippen LogP contribution in [-0.4, -0.2) is 88.7 Å². The summed E-state index contributed by atoms with van der Waals surface area (Å²) < 4.78 is 1.47. The van der Waals surface area contributed by atoms with Crippen molar-refractivity contribution in [2.45, 2.75) is 16.6 Å². The first-order chi connectivity index (χ1) is 15.8. The van der Waals surface area contributed by atoms with Crippen LogP contribution in [0.2, 0.25) is 0 Å². The summed E-state index contributed by atoms with van der Waals surface area (Å²) in [7, 11) is 2.95. The first-order valence-electron chi connectivity index (χ1n) is 9.20. The molecule has 1 unspecified atom stereocenters. The van der Waals surface area contributed by atoms with Crippen molar-refractivity contribution in [1.82, 2.24) is 35.4 Å². The maximum absolute atomic E-state index is 12.9. The standard InChI is InChI=1S/C16H17N9O5S3/c1-24-16(20-22-23-24)33-4-6-3-31-13-9(12(27)25(13)10(6)14(28)29)19-11(26)8(21-30-2)7-5-32-15(17)18-7/h5,9,13H,3-4H2,1-2H3,(H2,17,18)(H,19,26)(H,28,29)/b21-8+/t9?,13-/m1/s1. The van der Waals surface area contributed by atoms with Crippen LogP contribution in [0.25, 0.3) is 0 Å². The van der Waals surface area contributed by atoms with Gasteiger partial charge in [0.15, 0.2) is 10.8 Å². The number of nitrogens with two attached hydrogens (primary N) is 1. The lowest BCUT2D eigenvalue weighted by Crippen LogP contribution is -2.71. The number of rotatable bonds is 8. The predicted octanol–water partition coefficient (Wildman–Crippen LogP) is -0.870. The lowest BCUT2D eigenvalue weighted by atomic mass is 10.0. The number of tetrazole rings is 1. The summed E-state index contributed by atoms with van der Waals surface area (Å²) >= 11 is 3.75. The molecule has 0 bridgehead atoms. The van der Waals surface area contributed by atoms with Gasteiger partial charge in [-0.05, 0) is 16.0 Å². The van der Waals surface area contributed by atoms with Crippen molar-refractivity contribution in [1.29, 1.82) is 0 Å². The number of β-lactam (4-membered cyclic amide) rings is 1. The Labute approximate surface area is 198 Å². The first-order valence-corrected chi connectivity index (χ1v) is 12.1. The van der Waals surface area contributed by atoms with E-state index in [4.69, 9.17) is 10.6 Å². The van der Waals surface area contributed by atoms with Gasteiger partial charge in [-0.3, -0.25) is 14.5 Å². The summed E-state index contributed by atoms with van der Waals surface area (Å²) in [4.78, 5) is 47.6. The van der Waals surface area contributed by atoms with Crippen LogP contribution >= 0.6 is 34.9 Å². The fourth-order valence-corrected chi connectivity index (χ4v) is 6.07. The van der Waals surface area contributed by atoms with Crippen LogP contribution in [0.15, 0.2) is 27.0 Å². The van der Waals surface area contributed by atoms with Crippen molar-refractivity contribution in [2.75, 3.05) is 24.3 Å². The molecule has 0 aliphatic carbocycles. The van der Waals surface area contributed by atoms with E-state index in [1.165, 1.54) is 40.2 Å². The van der Waals surface area contributed by atoms with Gasteiger partial charge >= 0.3 is 5.97 Å². The van der Waals surface area contributed by atoms with Gasteiger partial charge in [0.1, 0.15) is 29.9 Å². The summed E-state index contributed by atoms with van der Waals surface area (Å²) in [5.74, 6) is -1.77. The minimum atomic E-state index is -1.22. The number of oxime groups is 1. The first kappa shape index (κ1) is 23.0. The third-order valence-electron chi connectivity index (χ3n) is 4.66. The maximum atomic E-state index is 12.9. The van der Waals surface area contributed by atoms with Crippen molar-refractivity contribution in [2.24, 2.45) is 12.2 Å². The van der Waals surface area contributed by atoms with Crippen molar-refractivity contribution in [3.05, 3.63) is 22.3 Å². The van der Waals surface area contributed by atoms with Gasteiger partial charge in [-0.2, -0.15) is 0 Å². The van der Waals surface area contributed by atoms with E-state index in [1.54, 1.807) is 12.4 Å². The van der Waals surface area contributed by atoms with E-state index < -0.39 is 29.2 Å². The Morgan fingerprint density at radius 1 is 1.48 bits per heavy atom. The number of aliphatic carboxylic acids is 1. The molecule has 1 saturated heterocycles. The highest BCUT2D eigenvalue weighted by molar-refractivity contribution is 8.01. The van der Waals surface area contributed by atoms with Crippen LogP contribution in [0.5, 0.6) is 0 Å². The van der Waals surface area contributed by atoms with Gasteiger partial charge in [-0.15, -0.1) is 28.2 Å². The van der Waals surface area contributed by atoms with Gasteiger partial charge in [0.05, 0.1) is 0 Å². The Hall–Kier alpha value is -3.18. The van der Waals surface area contributed by atoms with E-state index >= 15 is 0 Å². The summed E-state index contributed by atoms with van der Waals surface area (Å²) in [5.41, 5.74) is 6.17. The minimum Gasteiger partial charge on any atom is -0.477 e. The summed E-state index contributed by atoms with van der Waals surface area (Å²) in [6, 6.07) is -0.924. The second kappa shape index (κ2) is 9.36. The maximum Gasteiger partial charge on any atom is 0.352 e. The number of fused-ring (bicyclic) bond motifs is 1. The molecule has 2 aromatic rings. The van der Waals surface area contributed by atoms with Gasteiger partial charge in [0, 0.05) is 23.9 Å². The number of anilines is 1. The molecule has 0 spiro atoms. The SMILES string of the molecule is CO/N=C(/C(=O)NC1C(=O)N2C(C(=O)O)=C(CSc3nnnn3C)CS[C@H]12)c1csc(N)n1. The molecule has 14 nitrogen and oxygen atoms in total. The number of hydrogen-bond donors (Lipinski definition) is 3. The molecule has 33 heavy (non-hydrogen) atoms. The number of thioether (sulfide) groups is 2. The Kier molecular flexibility index (Phi) is 6.52. The molecule has 174 valence electrons. The monoisotopic (exact) mass is 511 g/mol. The van der Waals surface area contributed by atoms with Crippen molar-refractivity contribution in [3.63, 3.8) is 0 Å². The number of carboxylic acids is 1. The van der Waals surface area contributed by atoms with E-state index in [1.807, 2.05) is 0 Å². The predicted molar refractivity (Wildman–Crippen MR) is 119 cm³/mol. The molecule has 4 heterocycles. The number of nitrogen functional groups attached to an aromatic ring is 1. The Morgan fingerprint density at radius 3 is 2.88 bits per heavy atom. The molecule has 2 atom stereocenters. The topological polar surface area (TPSA) is 191 Å². The number of aromatic nitrogens is 5. The molecule has 0 saturated carbocycles. The molecular formula is C16H17N9O5S3. The molecule has 0 aromatic carbocycles. The van der Waals surface area contributed by atoms with Gasteiger partial charge in [0.2, 0.25) is 5.16 Å². The third-order valence-corrected chi connectivity index (χ3v) is 7.77. The number of aryl methyl sites for hydroxylation is 1. The van der Waals surface area contributed by atoms with Crippen LogP contribution in [0, 0.1) is 0 Å². The lowest BCUT2D eigenvalue weighted by Gasteiger charge is -2.49. The summed E-state index contributed by atoms with van der Waals surface area (Å²) in [6.07, 6.45) is 0. The number of nitrogens with zero attached hydrogens (tertiary/aromatic N) is 7. The normalized spacial score (nSPS) is 20.4. The Bertz CT molecular complexity index is 1180. The average Bonchev–Trinajstić information content (AvgIpc) is 3.40. The third kappa shape index (κ3) is 4.38. The van der Waals surface area contributed by atoms with E-state index in [9.17, 15) is 19.5 Å². The molecule has 0 radical (unpaired) electrons. The van der Waals surface area contributed by atoms with Crippen molar-refractivity contribution >= 4 is 63.5 Å². The highest BCUT2D eigenvalue weighted by Crippen LogP contribution is 2.41. The Morgan fingerprint density at radius 2 is 2.27 bits per heavy atom. The fraction of sp³-hybridized carbons (Fsp3) is 0.375. The number of hydrogen-bond acceptors (Lipinski definition) is 13. The fourth-order valence-electron chi connectivity index (χ4n) is 3.19. The highest BCUT2D eigenvalue weighted by Gasteiger charge is 2.54. The van der Waals surface area contributed by atoms with Gasteiger partial charge in [-0.1, -0.05) is 16.9 Å². The smallest absolute Gasteiger partial charge is 0.352 e. The molecule has 2 aromatic heterocycles. The zero-order valence-corrected chi connectivity index (χ0v) is 19.6. The van der Waals surface area contributed by atoms with Gasteiger partial charge < -0.3 is 21.0 Å².